The number of benzene rings is 3. The standard InChI is InChI=1S/C24H22N2Si/c1-20-17-18-21(26-20)19-25-27(22-11-5-2-6-12-22,23-13-7-3-8-14-23)24-15-9-4-10-16-24/h2-19,26H,1H3/b25-19+. The van der Waals surface area contributed by atoms with E-state index in [0.29, 0.717) is 0 Å². The number of aryl methyl sites for hydroxylation is 1. The highest BCUT2D eigenvalue weighted by Gasteiger charge is 2.39. The number of nitrogens with one attached hydrogen (secondary N) is 1. The van der Waals surface area contributed by atoms with Crippen LogP contribution >= 0.6 is 0 Å². The molecule has 1 N–H and O–H groups in total. The van der Waals surface area contributed by atoms with Gasteiger partial charge in [-0.05, 0) is 34.6 Å². The first-order chi connectivity index (χ1) is 13.3. The van der Waals surface area contributed by atoms with Crippen molar-refractivity contribution in [2.24, 2.45) is 4.66 Å². The van der Waals surface area contributed by atoms with Crippen LogP contribution in [-0.2, 0) is 0 Å². The highest BCUT2D eigenvalue weighted by atomic mass is 28.3. The molecule has 0 amide bonds. The van der Waals surface area contributed by atoms with Crippen LogP contribution < -0.4 is 15.6 Å². The molecule has 132 valence electrons. The number of H-pyrrole nitrogens is 1. The van der Waals surface area contributed by atoms with Gasteiger partial charge in [0.05, 0.1) is 5.69 Å². The highest BCUT2D eigenvalue weighted by molar-refractivity contribution is 7.10. The molecule has 4 rings (SSSR count). The van der Waals surface area contributed by atoms with E-state index in [1.165, 1.54) is 15.6 Å². The molecule has 3 heteroatoms. The number of nitrogens with zero attached hydrogens (tertiary/aromatic N) is 1. The molecule has 0 spiro atoms. The van der Waals surface area contributed by atoms with Gasteiger partial charge in [-0.2, -0.15) is 0 Å². The Morgan fingerprint density at radius 2 is 1.07 bits per heavy atom. The summed E-state index contributed by atoms with van der Waals surface area (Å²) in [7, 11) is -2.55. The fourth-order valence-electron chi connectivity index (χ4n) is 3.53. The average Bonchev–Trinajstić information content (AvgIpc) is 3.16. The number of rotatable bonds is 5. The maximum Gasteiger partial charge on any atom is 0.273 e. The molecule has 0 aliphatic heterocycles. The van der Waals surface area contributed by atoms with Crippen LogP contribution in [0.25, 0.3) is 0 Å². The van der Waals surface area contributed by atoms with Gasteiger partial charge in [0.2, 0.25) is 0 Å². The number of aromatic nitrogens is 1. The smallest absolute Gasteiger partial charge is 0.273 e. The van der Waals surface area contributed by atoms with Crippen molar-refractivity contribution in [1.29, 1.82) is 0 Å². The van der Waals surface area contributed by atoms with Gasteiger partial charge in [0.15, 0.2) is 0 Å². The minimum atomic E-state index is -2.55. The van der Waals surface area contributed by atoms with Gasteiger partial charge < -0.3 is 9.64 Å². The van der Waals surface area contributed by atoms with Crippen molar-refractivity contribution in [2.45, 2.75) is 6.92 Å². The summed E-state index contributed by atoms with van der Waals surface area (Å²) < 4.78 is 5.33. The summed E-state index contributed by atoms with van der Waals surface area (Å²) in [6.45, 7) is 2.06. The maximum absolute atomic E-state index is 5.33. The minimum Gasteiger partial charge on any atom is -0.358 e. The Balaban J connectivity index is 1.98. The Morgan fingerprint density at radius 3 is 1.44 bits per heavy atom. The molecule has 3 aromatic carbocycles. The predicted molar refractivity (Wildman–Crippen MR) is 117 cm³/mol. The zero-order valence-corrected chi connectivity index (χ0v) is 16.3. The molecule has 4 aromatic rings. The molecule has 0 saturated carbocycles. The van der Waals surface area contributed by atoms with Gasteiger partial charge >= 0.3 is 0 Å². The predicted octanol–water partition coefficient (Wildman–Crippen LogP) is 3.41. The molecule has 27 heavy (non-hydrogen) atoms. The van der Waals surface area contributed by atoms with Gasteiger partial charge in [0.1, 0.15) is 0 Å². The minimum absolute atomic E-state index is 1.03. The zero-order valence-electron chi connectivity index (χ0n) is 15.3. The van der Waals surface area contributed by atoms with Gasteiger partial charge in [-0.3, -0.25) is 0 Å². The van der Waals surface area contributed by atoms with Gasteiger partial charge in [0, 0.05) is 11.9 Å². The van der Waals surface area contributed by atoms with Gasteiger partial charge in [0.25, 0.3) is 8.24 Å². The monoisotopic (exact) mass is 366 g/mol. The van der Waals surface area contributed by atoms with E-state index in [1.54, 1.807) is 0 Å². The fourth-order valence-corrected chi connectivity index (χ4v) is 7.33. The molecule has 2 nitrogen and oxygen atoms in total. The van der Waals surface area contributed by atoms with Gasteiger partial charge in [-0.15, -0.1) is 0 Å². The molecule has 0 aliphatic rings. The molecule has 0 unspecified atom stereocenters. The van der Waals surface area contributed by atoms with E-state index >= 15 is 0 Å². The molecule has 0 bridgehead atoms. The normalized spacial score (nSPS) is 11.7. The first-order valence-corrected chi connectivity index (χ1v) is 11.1. The van der Waals surface area contributed by atoms with Crippen molar-refractivity contribution in [3.63, 3.8) is 0 Å². The first kappa shape index (κ1) is 17.3. The summed E-state index contributed by atoms with van der Waals surface area (Å²) in [6, 6.07) is 36.3. The largest absolute Gasteiger partial charge is 0.358 e. The lowest BCUT2D eigenvalue weighted by Gasteiger charge is -2.29. The van der Waals surface area contributed by atoms with Gasteiger partial charge in [-0.1, -0.05) is 91.0 Å². The fraction of sp³-hybridized carbons (Fsp3) is 0.0417. The number of aromatic amines is 1. The Bertz CT molecular complexity index is 925. The molecule has 0 saturated heterocycles. The molecule has 0 aliphatic carbocycles. The van der Waals surface area contributed by atoms with Crippen LogP contribution in [0.5, 0.6) is 0 Å². The molecule has 0 radical (unpaired) electrons. The molecular weight excluding hydrogens is 344 g/mol. The summed E-state index contributed by atoms with van der Waals surface area (Å²) in [5.74, 6) is 0. The van der Waals surface area contributed by atoms with Crippen LogP contribution in [0, 0.1) is 6.92 Å². The lowest BCUT2D eigenvalue weighted by Crippen LogP contribution is -2.66. The summed E-state index contributed by atoms with van der Waals surface area (Å²) in [5, 5.41) is 3.84. The molecule has 0 atom stereocenters. The van der Waals surface area contributed by atoms with E-state index in [0.717, 1.165) is 11.4 Å². The van der Waals surface area contributed by atoms with Crippen molar-refractivity contribution >= 4 is 30.0 Å². The second-order valence-electron chi connectivity index (χ2n) is 6.66. The van der Waals surface area contributed by atoms with Crippen LogP contribution in [0.1, 0.15) is 11.4 Å². The van der Waals surface area contributed by atoms with E-state index in [2.05, 4.69) is 115 Å². The van der Waals surface area contributed by atoms with Crippen LogP contribution in [0.15, 0.2) is 108 Å². The number of hydrogen-bond donors (Lipinski definition) is 1. The second-order valence-corrected chi connectivity index (χ2v) is 10.1. The van der Waals surface area contributed by atoms with E-state index in [9.17, 15) is 0 Å². The maximum atomic E-state index is 5.33. The Labute approximate surface area is 161 Å². The molecule has 0 fully saturated rings. The quantitative estimate of drug-likeness (QED) is 0.319. The van der Waals surface area contributed by atoms with Crippen LogP contribution in [-0.4, -0.2) is 19.4 Å². The van der Waals surface area contributed by atoms with E-state index in [1.807, 2.05) is 6.21 Å². The zero-order chi connectivity index (χ0) is 18.5. The third-order valence-electron chi connectivity index (χ3n) is 4.83. The Morgan fingerprint density at radius 1 is 0.630 bits per heavy atom. The van der Waals surface area contributed by atoms with Crippen molar-refractivity contribution in [3.8, 4) is 0 Å². The lowest BCUT2D eigenvalue weighted by atomic mass is 10.3. The van der Waals surface area contributed by atoms with Crippen molar-refractivity contribution in [3.05, 3.63) is 115 Å². The van der Waals surface area contributed by atoms with Crippen molar-refractivity contribution in [2.75, 3.05) is 0 Å². The first-order valence-electron chi connectivity index (χ1n) is 9.16. The van der Waals surface area contributed by atoms with E-state index in [-0.39, 0.29) is 0 Å². The van der Waals surface area contributed by atoms with Gasteiger partial charge in [-0.25, -0.2) is 0 Å². The third kappa shape index (κ3) is 3.42. The highest BCUT2D eigenvalue weighted by Crippen LogP contribution is 2.10. The van der Waals surface area contributed by atoms with Crippen LogP contribution in [0.2, 0.25) is 0 Å². The SMILES string of the molecule is Cc1ccc(/C=N/[Si](c2ccccc2)(c2ccccc2)c2ccccc2)[nH]1. The summed E-state index contributed by atoms with van der Waals surface area (Å²) >= 11 is 0. The summed E-state index contributed by atoms with van der Waals surface area (Å²) in [4.78, 5) is 3.38. The molecular formula is C24H22N2Si. The second kappa shape index (κ2) is 7.60. The van der Waals surface area contributed by atoms with E-state index in [4.69, 9.17) is 4.66 Å². The third-order valence-corrected chi connectivity index (χ3v) is 8.85. The average molecular weight is 367 g/mol. The number of hydrogen-bond acceptors (Lipinski definition) is 1. The summed E-state index contributed by atoms with van der Waals surface area (Å²) in [6.07, 6.45) is 2.01. The summed E-state index contributed by atoms with van der Waals surface area (Å²) in [5.41, 5.74) is 2.18. The van der Waals surface area contributed by atoms with Crippen molar-refractivity contribution in [1.82, 2.24) is 4.98 Å². The molecule has 1 aromatic heterocycles. The Hall–Kier alpha value is -3.17. The Kier molecular flexibility index (Phi) is 4.86. The van der Waals surface area contributed by atoms with Crippen LogP contribution in [0.3, 0.4) is 0 Å². The van der Waals surface area contributed by atoms with Crippen LogP contribution in [0.4, 0.5) is 0 Å². The van der Waals surface area contributed by atoms with Crippen molar-refractivity contribution < 1.29 is 0 Å². The molecule has 1 heterocycles. The lowest BCUT2D eigenvalue weighted by molar-refractivity contribution is 1.25. The topological polar surface area (TPSA) is 28.1 Å². The van der Waals surface area contributed by atoms with E-state index < -0.39 is 8.24 Å².